The van der Waals surface area contributed by atoms with Gasteiger partial charge in [-0.25, -0.2) is 0 Å². The first-order chi connectivity index (χ1) is 5.88. The maximum atomic E-state index is 11.3. The fraction of sp³-hybridized carbons (Fsp3) is 0.300. The molecule has 0 bridgehead atoms. The molecule has 1 fully saturated rings. The van der Waals surface area contributed by atoms with Crippen LogP contribution in [0.25, 0.3) is 0 Å². The molecule has 1 radical (unpaired) electrons. The van der Waals surface area contributed by atoms with E-state index in [2.05, 4.69) is 6.07 Å². The number of rotatable bonds is 1. The first-order valence-corrected chi connectivity index (χ1v) is 4.14. The lowest BCUT2D eigenvalue weighted by molar-refractivity contribution is -0.117. The Labute approximate surface area is 71.8 Å². The van der Waals surface area contributed by atoms with Crippen LogP contribution in [0.15, 0.2) is 24.3 Å². The van der Waals surface area contributed by atoms with Gasteiger partial charge in [0.15, 0.2) is 0 Å². The number of carbonyl (C=O) groups is 1. The molecular weight excluding hydrogens is 150 g/mol. The van der Waals surface area contributed by atoms with E-state index in [0.29, 0.717) is 6.42 Å². The molecule has 12 heavy (non-hydrogen) atoms. The van der Waals surface area contributed by atoms with E-state index in [4.69, 9.17) is 0 Å². The minimum atomic E-state index is 0.237. The van der Waals surface area contributed by atoms with Crippen LogP contribution in [0.4, 0.5) is 5.69 Å². The molecule has 1 amide bonds. The molecule has 0 aromatic heterocycles. The third-order valence-corrected chi connectivity index (χ3v) is 2.09. The van der Waals surface area contributed by atoms with Gasteiger partial charge in [0.05, 0.1) is 0 Å². The number of nitrogens with zero attached hydrogens (tertiary/aromatic N) is 1. The third-order valence-electron chi connectivity index (χ3n) is 2.09. The normalized spacial score (nSPS) is 17.0. The summed E-state index contributed by atoms with van der Waals surface area (Å²) in [6.07, 6.45) is 1.68. The van der Waals surface area contributed by atoms with Crippen LogP contribution >= 0.6 is 0 Å². The van der Waals surface area contributed by atoms with E-state index >= 15 is 0 Å². The summed E-state index contributed by atoms with van der Waals surface area (Å²) >= 11 is 0. The van der Waals surface area contributed by atoms with Gasteiger partial charge in [-0.05, 0) is 24.6 Å². The zero-order valence-electron chi connectivity index (χ0n) is 6.79. The van der Waals surface area contributed by atoms with Crippen LogP contribution in [0.2, 0.25) is 0 Å². The lowest BCUT2D eigenvalue weighted by atomic mass is 10.3. The average molecular weight is 160 g/mol. The molecule has 2 heteroatoms. The number of anilines is 1. The van der Waals surface area contributed by atoms with Gasteiger partial charge >= 0.3 is 0 Å². The van der Waals surface area contributed by atoms with E-state index in [1.807, 2.05) is 29.2 Å². The van der Waals surface area contributed by atoms with Gasteiger partial charge in [0.2, 0.25) is 5.91 Å². The summed E-state index contributed by atoms with van der Waals surface area (Å²) < 4.78 is 0. The summed E-state index contributed by atoms with van der Waals surface area (Å²) in [4.78, 5) is 13.1. The van der Waals surface area contributed by atoms with E-state index < -0.39 is 0 Å². The van der Waals surface area contributed by atoms with Crippen LogP contribution in [-0.4, -0.2) is 12.5 Å². The summed E-state index contributed by atoms with van der Waals surface area (Å²) in [5.41, 5.74) is 0.997. The van der Waals surface area contributed by atoms with Crippen LogP contribution in [0, 0.1) is 6.07 Å². The van der Waals surface area contributed by atoms with Crippen LogP contribution in [-0.2, 0) is 4.79 Å². The van der Waals surface area contributed by atoms with Gasteiger partial charge in [-0.2, -0.15) is 0 Å². The molecule has 2 nitrogen and oxygen atoms in total. The molecule has 1 aliphatic heterocycles. The monoisotopic (exact) mass is 160 g/mol. The van der Waals surface area contributed by atoms with E-state index in [0.717, 1.165) is 18.7 Å². The number of carbonyl (C=O) groups excluding carboxylic acids is 1. The maximum absolute atomic E-state index is 11.3. The topological polar surface area (TPSA) is 20.3 Å². The summed E-state index contributed by atoms with van der Waals surface area (Å²) in [6, 6.07) is 10.4. The van der Waals surface area contributed by atoms with Crippen molar-refractivity contribution in [2.24, 2.45) is 0 Å². The first-order valence-electron chi connectivity index (χ1n) is 4.14. The molecule has 0 N–H and O–H groups in total. The highest BCUT2D eigenvalue weighted by molar-refractivity contribution is 5.95. The number of amides is 1. The summed E-state index contributed by atoms with van der Waals surface area (Å²) in [5.74, 6) is 0.237. The molecule has 1 aromatic carbocycles. The number of hydrogen-bond donors (Lipinski definition) is 0. The van der Waals surface area contributed by atoms with Gasteiger partial charge in [0.25, 0.3) is 0 Å². The van der Waals surface area contributed by atoms with Crippen molar-refractivity contribution in [3.8, 4) is 0 Å². The molecule has 2 rings (SSSR count). The SMILES string of the molecule is O=C1CCCN1c1cc[c]cc1. The second kappa shape index (κ2) is 2.97. The molecule has 61 valence electrons. The highest BCUT2D eigenvalue weighted by Crippen LogP contribution is 2.19. The van der Waals surface area contributed by atoms with Crippen molar-refractivity contribution in [1.29, 1.82) is 0 Å². The predicted octanol–water partition coefficient (Wildman–Crippen LogP) is 1.61. The minimum Gasteiger partial charge on any atom is -0.312 e. The van der Waals surface area contributed by atoms with Crippen LogP contribution in [0.5, 0.6) is 0 Å². The largest absolute Gasteiger partial charge is 0.312 e. The van der Waals surface area contributed by atoms with E-state index in [-0.39, 0.29) is 5.91 Å². The summed E-state index contributed by atoms with van der Waals surface area (Å²) in [6.45, 7) is 0.864. The standard InChI is InChI=1S/C10H10NO/c12-10-7-4-8-11(10)9-5-2-1-3-6-9/h2-3,5-6H,4,7-8H2. The van der Waals surface area contributed by atoms with Crippen LogP contribution < -0.4 is 4.90 Å². The zero-order chi connectivity index (χ0) is 8.39. The second-order valence-electron chi connectivity index (χ2n) is 2.91. The van der Waals surface area contributed by atoms with E-state index in [1.54, 1.807) is 0 Å². The van der Waals surface area contributed by atoms with Crippen LogP contribution in [0.1, 0.15) is 12.8 Å². The highest BCUT2D eigenvalue weighted by atomic mass is 16.2. The Morgan fingerprint density at radius 1 is 1.33 bits per heavy atom. The molecular formula is C10H10NO. The third kappa shape index (κ3) is 1.20. The molecule has 0 unspecified atom stereocenters. The highest BCUT2D eigenvalue weighted by Gasteiger charge is 2.20. The van der Waals surface area contributed by atoms with Crippen molar-refractivity contribution in [3.05, 3.63) is 30.3 Å². The van der Waals surface area contributed by atoms with Gasteiger partial charge in [0, 0.05) is 18.7 Å². The van der Waals surface area contributed by atoms with E-state index in [1.165, 1.54) is 0 Å². The van der Waals surface area contributed by atoms with Crippen molar-refractivity contribution >= 4 is 11.6 Å². The predicted molar refractivity (Wildman–Crippen MR) is 46.9 cm³/mol. The van der Waals surface area contributed by atoms with E-state index in [9.17, 15) is 4.79 Å². The zero-order valence-corrected chi connectivity index (χ0v) is 6.79. The maximum Gasteiger partial charge on any atom is 0.227 e. The lowest BCUT2D eigenvalue weighted by Crippen LogP contribution is -2.23. The average Bonchev–Trinajstić information content (AvgIpc) is 2.53. The quantitative estimate of drug-likeness (QED) is 0.611. The molecule has 0 atom stereocenters. The van der Waals surface area contributed by atoms with Gasteiger partial charge in [0.1, 0.15) is 0 Å². The Hall–Kier alpha value is -1.31. The van der Waals surface area contributed by atoms with Gasteiger partial charge in [-0.15, -0.1) is 0 Å². The first kappa shape index (κ1) is 7.35. The Balaban J connectivity index is 2.25. The molecule has 1 aliphatic rings. The van der Waals surface area contributed by atoms with Crippen molar-refractivity contribution in [2.45, 2.75) is 12.8 Å². The van der Waals surface area contributed by atoms with Crippen molar-refractivity contribution < 1.29 is 4.79 Å². The Kier molecular flexibility index (Phi) is 1.82. The van der Waals surface area contributed by atoms with Crippen molar-refractivity contribution in [3.63, 3.8) is 0 Å². The Morgan fingerprint density at radius 2 is 2.08 bits per heavy atom. The van der Waals surface area contributed by atoms with Crippen molar-refractivity contribution in [1.82, 2.24) is 0 Å². The fourth-order valence-corrected chi connectivity index (χ4v) is 1.48. The lowest BCUT2D eigenvalue weighted by Gasteiger charge is -2.14. The molecule has 0 spiro atoms. The molecule has 1 aromatic rings. The summed E-state index contributed by atoms with van der Waals surface area (Å²) in [7, 11) is 0. The van der Waals surface area contributed by atoms with Gasteiger partial charge < -0.3 is 4.90 Å². The summed E-state index contributed by atoms with van der Waals surface area (Å²) in [5, 5.41) is 0. The van der Waals surface area contributed by atoms with Gasteiger partial charge in [-0.1, -0.05) is 12.1 Å². The molecule has 0 saturated carbocycles. The number of hydrogen-bond acceptors (Lipinski definition) is 1. The molecule has 1 heterocycles. The fourth-order valence-electron chi connectivity index (χ4n) is 1.48. The van der Waals surface area contributed by atoms with Crippen LogP contribution in [0.3, 0.4) is 0 Å². The second-order valence-corrected chi connectivity index (χ2v) is 2.91. The minimum absolute atomic E-state index is 0.237. The number of benzene rings is 1. The van der Waals surface area contributed by atoms with Gasteiger partial charge in [-0.3, -0.25) is 4.79 Å². The molecule has 1 saturated heterocycles. The van der Waals surface area contributed by atoms with Crippen molar-refractivity contribution in [2.75, 3.05) is 11.4 Å². The Morgan fingerprint density at radius 3 is 2.67 bits per heavy atom. The smallest absolute Gasteiger partial charge is 0.227 e. The molecule has 0 aliphatic carbocycles. The Bertz CT molecular complexity index is 281.